The van der Waals surface area contributed by atoms with Crippen LogP contribution in [0.5, 0.6) is 0 Å². The number of rotatable bonds is 4. The zero-order valence-electron chi connectivity index (χ0n) is 14.2. The van der Waals surface area contributed by atoms with Gasteiger partial charge in [0.25, 0.3) is 0 Å². The minimum absolute atomic E-state index is 0. The predicted octanol–water partition coefficient (Wildman–Crippen LogP) is 3.32. The molecule has 3 aromatic rings. The fourth-order valence-electron chi connectivity index (χ4n) is 3.12. The summed E-state index contributed by atoms with van der Waals surface area (Å²) < 4.78 is 6.06. The Morgan fingerprint density at radius 3 is 2.33 bits per heavy atom. The fraction of sp³-hybridized carbons (Fsp3) is 0.263. The standard InChI is InChI=1S/C19H18O4.Na/c1-3-11-8-9-15-17(22)14-7-5-6-12(10-16(20)21)18(14)23-19(15)13(11)4-2;/h5-9H,3-4,10H2,1-2H3,(H,20,21);. The van der Waals surface area contributed by atoms with Crippen molar-refractivity contribution in [2.45, 2.75) is 33.1 Å². The molecular formula is C19H18NaO4. The van der Waals surface area contributed by atoms with Gasteiger partial charge in [0.1, 0.15) is 11.2 Å². The number of aliphatic carboxylic acids is 1. The van der Waals surface area contributed by atoms with E-state index in [0.717, 1.165) is 24.0 Å². The number of hydrogen-bond donors (Lipinski definition) is 1. The number of carbonyl (C=O) groups is 1. The van der Waals surface area contributed by atoms with Crippen molar-refractivity contribution in [1.82, 2.24) is 0 Å². The molecule has 0 unspecified atom stereocenters. The summed E-state index contributed by atoms with van der Waals surface area (Å²) in [6, 6.07) is 8.86. The zero-order chi connectivity index (χ0) is 16.6. The molecule has 4 nitrogen and oxygen atoms in total. The van der Waals surface area contributed by atoms with Gasteiger partial charge in [-0.15, -0.1) is 0 Å². The minimum Gasteiger partial charge on any atom is -0.481 e. The van der Waals surface area contributed by atoms with Crippen molar-refractivity contribution in [3.05, 3.63) is 57.2 Å². The first kappa shape index (κ1) is 18.7. The molecule has 1 heterocycles. The number of carboxylic acid groups (broad SMARTS) is 1. The van der Waals surface area contributed by atoms with Crippen molar-refractivity contribution in [3.8, 4) is 0 Å². The third-order valence-electron chi connectivity index (χ3n) is 4.22. The number of aryl methyl sites for hydroxylation is 2. The average Bonchev–Trinajstić information content (AvgIpc) is 2.54. The molecule has 3 rings (SSSR count). The second-order valence-corrected chi connectivity index (χ2v) is 5.58. The number of fused-ring (bicyclic) bond motifs is 2. The molecule has 1 aromatic heterocycles. The first-order valence-electron chi connectivity index (χ1n) is 7.77. The molecule has 0 atom stereocenters. The van der Waals surface area contributed by atoms with Crippen LogP contribution in [0.4, 0.5) is 0 Å². The van der Waals surface area contributed by atoms with Crippen LogP contribution in [0.1, 0.15) is 30.5 Å². The second kappa shape index (κ2) is 7.51. The van der Waals surface area contributed by atoms with E-state index in [-0.39, 0.29) is 41.4 Å². The van der Waals surface area contributed by atoms with Gasteiger partial charge >= 0.3 is 5.97 Å². The first-order valence-corrected chi connectivity index (χ1v) is 7.77. The Labute approximate surface area is 161 Å². The van der Waals surface area contributed by atoms with Gasteiger partial charge in [0.2, 0.25) is 5.43 Å². The third kappa shape index (κ3) is 3.14. The molecule has 24 heavy (non-hydrogen) atoms. The molecule has 0 saturated carbocycles. The van der Waals surface area contributed by atoms with E-state index in [1.807, 2.05) is 19.1 Å². The van der Waals surface area contributed by atoms with Gasteiger partial charge in [0.05, 0.1) is 17.2 Å². The van der Waals surface area contributed by atoms with Gasteiger partial charge in [-0.3, -0.25) is 9.59 Å². The third-order valence-corrected chi connectivity index (χ3v) is 4.22. The van der Waals surface area contributed by atoms with Crippen molar-refractivity contribution in [2.75, 3.05) is 0 Å². The van der Waals surface area contributed by atoms with Gasteiger partial charge in [-0.05, 0) is 36.1 Å². The van der Waals surface area contributed by atoms with Gasteiger partial charge in [-0.1, -0.05) is 32.0 Å². The van der Waals surface area contributed by atoms with E-state index in [0.29, 0.717) is 27.5 Å². The molecule has 1 N–H and O–H groups in total. The van der Waals surface area contributed by atoms with Gasteiger partial charge in [-0.25, -0.2) is 0 Å². The zero-order valence-corrected chi connectivity index (χ0v) is 16.2. The molecule has 0 aliphatic rings. The Kier molecular flexibility index (Phi) is 5.86. The molecule has 0 fully saturated rings. The first-order chi connectivity index (χ1) is 11.1. The summed E-state index contributed by atoms with van der Waals surface area (Å²) in [5.74, 6) is -0.946. The van der Waals surface area contributed by atoms with E-state index in [2.05, 4.69) is 6.92 Å². The van der Waals surface area contributed by atoms with Crippen LogP contribution in [0.15, 0.2) is 39.5 Å². The summed E-state index contributed by atoms with van der Waals surface area (Å²) >= 11 is 0. The van der Waals surface area contributed by atoms with Crippen LogP contribution in [0.2, 0.25) is 0 Å². The maximum absolute atomic E-state index is 12.8. The Bertz CT molecular complexity index is 972. The molecule has 0 saturated heterocycles. The monoisotopic (exact) mass is 333 g/mol. The van der Waals surface area contributed by atoms with Crippen molar-refractivity contribution in [3.63, 3.8) is 0 Å². The molecule has 5 heteroatoms. The maximum atomic E-state index is 12.8. The average molecular weight is 333 g/mol. The Morgan fingerprint density at radius 1 is 1.00 bits per heavy atom. The van der Waals surface area contributed by atoms with Gasteiger partial charge < -0.3 is 9.52 Å². The quantitative estimate of drug-likeness (QED) is 0.587. The van der Waals surface area contributed by atoms with Gasteiger partial charge in [0.15, 0.2) is 0 Å². The van der Waals surface area contributed by atoms with E-state index in [1.165, 1.54) is 0 Å². The van der Waals surface area contributed by atoms with Crippen LogP contribution in [-0.4, -0.2) is 40.6 Å². The van der Waals surface area contributed by atoms with E-state index in [4.69, 9.17) is 9.52 Å². The molecule has 0 aliphatic heterocycles. The summed E-state index contributed by atoms with van der Waals surface area (Å²) in [6.07, 6.45) is 1.45. The van der Waals surface area contributed by atoms with Gasteiger partial charge in [0, 0.05) is 35.1 Å². The van der Waals surface area contributed by atoms with E-state index >= 15 is 0 Å². The van der Waals surface area contributed by atoms with Crippen LogP contribution in [-0.2, 0) is 24.1 Å². The number of benzene rings is 2. The summed E-state index contributed by atoms with van der Waals surface area (Å²) in [4.78, 5) is 23.9. The van der Waals surface area contributed by atoms with Crippen molar-refractivity contribution in [1.29, 1.82) is 0 Å². The van der Waals surface area contributed by atoms with Gasteiger partial charge in [-0.2, -0.15) is 0 Å². The number of para-hydroxylation sites is 1. The molecular weight excluding hydrogens is 315 g/mol. The van der Waals surface area contributed by atoms with Crippen LogP contribution in [0, 0.1) is 0 Å². The normalized spacial score (nSPS) is 10.8. The predicted molar refractivity (Wildman–Crippen MR) is 95.8 cm³/mol. The molecule has 0 aliphatic carbocycles. The fourth-order valence-corrected chi connectivity index (χ4v) is 3.12. The molecule has 1 radical (unpaired) electrons. The molecule has 0 bridgehead atoms. The molecule has 0 spiro atoms. The van der Waals surface area contributed by atoms with Crippen LogP contribution >= 0.6 is 0 Å². The smallest absolute Gasteiger partial charge is 0.307 e. The van der Waals surface area contributed by atoms with Crippen LogP contribution in [0.25, 0.3) is 21.9 Å². The molecule has 2 aromatic carbocycles. The summed E-state index contributed by atoms with van der Waals surface area (Å²) in [7, 11) is 0. The van der Waals surface area contributed by atoms with E-state index < -0.39 is 5.97 Å². The maximum Gasteiger partial charge on any atom is 0.307 e. The van der Waals surface area contributed by atoms with Crippen molar-refractivity contribution in [2.24, 2.45) is 0 Å². The largest absolute Gasteiger partial charge is 0.481 e. The number of carboxylic acids is 1. The Hall–Kier alpha value is -1.62. The number of hydrogen-bond acceptors (Lipinski definition) is 3. The van der Waals surface area contributed by atoms with Crippen molar-refractivity contribution >= 4 is 57.5 Å². The summed E-state index contributed by atoms with van der Waals surface area (Å²) in [5, 5.41) is 10.1. The van der Waals surface area contributed by atoms with Crippen molar-refractivity contribution < 1.29 is 14.3 Å². The van der Waals surface area contributed by atoms with Crippen LogP contribution in [0.3, 0.4) is 0 Å². The van der Waals surface area contributed by atoms with Crippen LogP contribution < -0.4 is 5.43 Å². The van der Waals surface area contributed by atoms with E-state index in [9.17, 15) is 9.59 Å². The molecule has 0 amide bonds. The Morgan fingerprint density at radius 2 is 1.71 bits per heavy atom. The summed E-state index contributed by atoms with van der Waals surface area (Å²) in [5.41, 5.74) is 3.56. The Balaban J connectivity index is 0.00000208. The minimum atomic E-state index is -0.946. The second-order valence-electron chi connectivity index (χ2n) is 5.58. The SMILES string of the molecule is CCc1ccc2c(=O)c3cccc(CC(=O)O)c3oc2c1CC.[Na]. The summed E-state index contributed by atoms with van der Waals surface area (Å²) in [6.45, 7) is 4.09. The molecule has 119 valence electrons. The van der Waals surface area contributed by atoms with E-state index in [1.54, 1.807) is 18.2 Å². The topological polar surface area (TPSA) is 67.5 Å².